The van der Waals surface area contributed by atoms with Gasteiger partial charge in [-0.3, -0.25) is 4.79 Å². The summed E-state index contributed by atoms with van der Waals surface area (Å²) in [5.74, 6) is 1.42. The van der Waals surface area contributed by atoms with E-state index in [1.807, 2.05) is 12.1 Å². The van der Waals surface area contributed by atoms with E-state index in [0.29, 0.717) is 32.1 Å². The van der Waals surface area contributed by atoms with Gasteiger partial charge in [0.1, 0.15) is 5.75 Å². The first-order valence-corrected chi connectivity index (χ1v) is 11.4. The summed E-state index contributed by atoms with van der Waals surface area (Å²) in [5.41, 5.74) is 3.07. The third-order valence-corrected chi connectivity index (χ3v) is 6.68. The van der Waals surface area contributed by atoms with Crippen LogP contribution in [-0.2, 0) is 20.7 Å². The number of carbonyl (C=O) groups excluding carboxylic acids is 1. The molecule has 2 aromatic carbocycles. The van der Waals surface area contributed by atoms with Crippen molar-refractivity contribution in [2.45, 2.75) is 32.1 Å². The number of nitrogens with one attached hydrogen (secondary N) is 1. The Labute approximate surface area is 185 Å². The zero-order valence-electron chi connectivity index (χ0n) is 18.4. The number of benzene rings is 2. The predicted molar refractivity (Wildman–Crippen MR) is 121 cm³/mol. The average molecular weight is 424 g/mol. The molecule has 0 aliphatic carbocycles. The summed E-state index contributed by atoms with van der Waals surface area (Å²) in [6.07, 6.45) is 4.41. The van der Waals surface area contributed by atoms with Crippen LogP contribution in [0.4, 0.5) is 0 Å². The Kier molecular flexibility index (Phi) is 7.25. The van der Waals surface area contributed by atoms with E-state index in [2.05, 4.69) is 41.7 Å². The van der Waals surface area contributed by atoms with E-state index in [9.17, 15) is 4.79 Å². The molecule has 2 aliphatic heterocycles. The van der Waals surface area contributed by atoms with E-state index in [1.54, 1.807) is 7.11 Å². The molecule has 0 bridgehead atoms. The SMILES string of the molecule is COc1ccc(-c2ccccc2CC2(C(=O)NCC3CCCOC3)CCOCC2)cc1. The number of hydrogen-bond acceptors (Lipinski definition) is 4. The van der Waals surface area contributed by atoms with E-state index >= 15 is 0 Å². The molecule has 0 aromatic heterocycles. The molecule has 2 saturated heterocycles. The van der Waals surface area contributed by atoms with Crippen molar-refractivity contribution in [1.29, 1.82) is 0 Å². The van der Waals surface area contributed by atoms with Crippen LogP contribution in [0.15, 0.2) is 48.5 Å². The van der Waals surface area contributed by atoms with Crippen molar-refractivity contribution >= 4 is 5.91 Å². The maximum absolute atomic E-state index is 13.5. The molecule has 1 N–H and O–H groups in total. The lowest BCUT2D eigenvalue weighted by Gasteiger charge is -2.37. The van der Waals surface area contributed by atoms with Crippen molar-refractivity contribution in [1.82, 2.24) is 5.32 Å². The number of carbonyl (C=O) groups is 1. The van der Waals surface area contributed by atoms with E-state index in [1.165, 1.54) is 11.1 Å². The Morgan fingerprint density at radius 3 is 2.55 bits per heavy atom. The Morgan fingerprint density at radius 1 is 1.06 bits per heavy atom. The molecule has 5 nitrogen and oxygen atoms in total. The Balaban J connectivity index is 1.54. The highest BCUT2D eigenvalue weighted by Crippen LogP contribution is 2.38. The molecule has 0 saturated carbocycles. The maximum Gasteiger partial charge on any atom is 0.226 e. The molecule has 166 valence electrons. The van der Waals surface area contributed by atoms with Crippen LogP contribution >= 0.6 is 0 Å². The highest BCUT2D eigenvalue weighted by atomic mass is 16.5. The topological polar surface area (TPSA) is 56.8 Å². The summed E-state index contributed by atoms with van der Waals surface area (Å²) in [6, 6.07) is 16.5. The second kappa shape index (κ2) is 10.3. The lowest BCUT2D eigenvalue weighted by molar-refractivity contribution is -0.137. The van der Waals surface area contributed by atoms with Gasteiger partial charge in [0.05, 0.1) is 19.1 Å². The molecule has 2 aromatic rings. The largest absolute Gasteiger partial charge is 0.497 e. The number of rotatable bonds is 7. The van der Waals surface area contributed by atoms with E-state index in [0.717, 1.165) is 50.2 Å². The van der Waals surface area contributed by atoms with Crippen LogP contribution in [0.5, 0.6) is 5.75 Å². The van der Waals surface area contributed by atoms with Crippen LogP contribution in [0.25, 0.3) is 11.1 Å². The Morgan fingerprint density at radius 2 is 1.84 bits per heavy atom. The summed E-state index contributed by atoms with van der Waals surface area (Å²) in [4.78, 5) is 13.5. The number of hydrogen-bond donors (Lipinski definition) is 1. The molecule has 0 spiro atoms. The van der Waals surface area contributed by atoms with Crippen molar-refractivity contribution in [3.05, 3.63) is 54.1 Å². The molecule has 1 unspecified atom stereocenters. The minimum atomic E-state index is -0.434. The van der Waals surface area contributed by atoms with Gasteiger partial charge in [0, 0.05) is 26.4 Å². The fraction of sp³-hybridized carbons (Fsp3) is 0.500. The third-order valence-electron chi connectivity index (χ3n) is 6.68. The molecule has 2 fully saturated rings. The summed E-state index contributed by atoms with van der Waals surface area (Å²) in [7, 11) is 1.68. The molecule has 5 heteroatoms. The van der Waals surface area contributed by atoms with E-state index < -0.39 is 5.41 Å². The van der Waals surface area contributed by atoms with Crippen LogP contribution in [0.2, 0.25) is 0 Å². The summed E-state index contributed by atoms with van der Waals surface area (Å²) >= 11 is 0. The van der Waals surface area contributed by atoms with Gasteiger partial charge in [-0.2, -0.15) is 0 Å². The lowest BCUT2D eigenvalue weighted by atomic mass is 9.73. The summed E-state index contributed by atoms with van der Waals surface area (Å²) in [6.45, 7) is 3.54. The molecular formula is C26H33NO4. The monoisotopic (exact) mass is 423 g/mol. The third kappa shape index (κ3) is 5.28. The highest BCUT2D eigenvalue weighted by Gasteiger charge is 2.40. The smallest absolute Gasteiger partial charge is 0.226 e. The molecule has 2 aliphatic rings. The van der Waals surface area contributed by atoms with Gasteiger partial charge in [0.15, 0.2) is 0 Å². The summed E-state index contributed by atoms with van der Waals surface area (Å²) in [5, 5.41) is 3.27. The van der Waals surface area contributed by atoms with Gasteiger partial charge in [-0.15, -0.1) is 0 Å². The van der Waals surface area contributed by atoms with Gasteiger partial charge in [0.25, 0.3) is 0 Å². The first-order chi connectivity index (χ1) is 15.2. The number of amides is 1. The zero-order chi connectivity index (χ0) is 21.5. The van der Waals surface area contributed by atoms with Crippen LogP contribution < -0.4 is 10.1 Å². The highest BCUT2D eigenvalue weighted by molar-refractivity contribution is 5.83. The first kappa shape index (κ1) is 21.8. The van der Waals surface area contributed by atoms with Gasteiger partial charge in [-0.05, 0) is 66.8 Å². The van der Waals surface area contributed by atoms with Crippen molar-refractivity contribution in [3.63, 3.8) is 0 Å². The second-order valence-corrected chi connectivity index (χ2v) is 8.75. The van der Waals surface area contributed by atoms with E-state index in [4.69, 9.17) is 14.2 Å². The number of methoxy groups -OCH3 is 1. The van der Waals surface area contributed by atoms with Crippen LogP contribution in [0.1, 0.15) is 31.2 Å². The Bertz CT molecular complexity index is 852. The fourth-order valence-corrected chi connectivity index (χ4v) is 4.73. The van der Waals surface area contributed by atoms with Gasteiger partial charge in [-0.1, -0.05) is 36.4 Å². The van der Waals surface area contributed by atoms with Crippen molar-refractivity contribution < 1.29 is 19.0 Å². The predicted octanol–water partition coefficient (Wildman–Crippen LogP) is 4.24. The molecule has 1 atom stereocenters. The molecule has 1 amide bonds. The molecule has 31 heavy (non-hydrogen) atoms. The molecular weight excluding hydrogens is 390 g/mol. The number of ether oxygens (including phenoxy) is 3. The van der Waals surface area contributed by atoms with Gasteiger partial charge in [0.2, 0.25) is 5.91 Å². The maximum atomic E-state index is 13.5. The molecule has 4 rings (SSSR count). The van der Waals surface area contributed by atoms with Crippen molar-refractivity contribution in [2.75, 3.05) is 40.1 Å². The van der Waals surface area contributed by atoms with E-state index in [-0.39, 0.29) is 5.91 Å². The minimum Gasteiger partial charge on any atom is -0.497 e. The quantitative estimate of drug-likeness (QED) is 0.724. The molecule has 2 heterocycles. The van der Waals surface area contributed by atoms with Crippen LogP contribution in [-0.4, -0.2) is 46.0 Å². The Hall–Kier alpha value is -2.37. The average Bonchev–Trinajstić information content (AvgIpc) is 2.84. The summed E-state index contributed by atoms with van der Waals surface area (Å²) < 4.78 is 16.5. The first-order valence-electron chi connectivity index (χ1n) is 11.4. The lowest BCUT2D eigenvalue weighted by Crippen LogP contribution is -2.47. The normalized spacial score (nSPS) is 20.7. The standard InChI is InChI=1S/C26H33NO4/c1-29-23-10-8-21(9-11-23)24-7-3-2-6-22(24)17-26(12-15-30-16-13-26)25(28)27-18-20-5-4-14-31-19-20/h2-3,6-11,20H,4-5,12-19H2,1H3,(H,27,28). The van der Waals surface area contributed by atoms with Crippen LogP contribution in [0.3, 0.4) is 0 Å². The van der Waals surface area contributed by atoms with Crippen LogP contribution in [0, 0.1) is 11.3 Å². The fourth-order valence-electron chi connectivity index (χ4n) is 4.73. The zero-order valence-corrected chi connectivity index (χ0v) is 18.4. The van der Waals surface area contributed by atoms with Gasteiger partial charge < -0.3 is 19.5 Å². The van der Waals surface area contributed by atoms with Gasteiger partial charge in [-0.25, -0.2) is 0 Å². The second-order valence-electron chi connectivity index (χ2n) is 8.75. The minimum absolute atomic E-state index is 0.158. The van der Waals surface area contributed by atoms with Crippen molar-refractivity contribution in [2.24, 2.45) is 11.3 Å². The van der Waals surface area contributed by atoms with Gasteiger partial charge >= 0.3 is 0 Å². The molecule has 0 radical (unpaired) electrons. The van der Waals surface area contributed by atoms with Crippen molar-refractivity contribution in [3.8, 4) is 16.9 Å².